The Morgan fingerprint density at radius 1 is 1.58 bits per heavy atom. The Balaban J connectivity index is 1.94. The summed E-state index contributed by atoms with van der Waals surface area (Å²) in [5.74, 6) is 1.50. The van der Waals surface area contributed by atoms with Gasteiger partial charge >= 0.3 is 0 Å². The molecule has 0 bridgehead atoms. The van der Waals surface area contributed by atoms with E-state index in [-0.39, 0.29) is 11.5 Å². The fourth-order valence-electron chi connectivity index (χ4n) is 4.25. The van der Waals surface area contributed by atoms with Crippen molar-refractivity contribution in [3.05, 3.63) is 33.8 Å². The molecule has 1 aromatic rings. The van der Waals surface area contributed by atoms with Gasteiger partial charge in [0.15, 0.2) is 11.5 Å². The number of rotatable bonds is 2. The molecule has 2 aliphatic heterocycles. The number of aliphatic hydroxyl groups is 1. The summed E-state index contributed by atoms with van der Waals surface area (Å²) < 4.78 is 12.8. The number of nitriles is 1. The molecule has 1 aliphatic carbocycles. The van der Waals surface area contributed by atoms with Gasteiger partial charge in [0.05, 0.1) is 31.2 Å². The van der Waals surface area contributed by atoms with Gasteiger partial charge in [0, 0.05) is 29.5 Å². The van der Waals surface area contributed by atoms with Crippen molar-refractivity contribution in [3.8, 4) is 17.6 Å². The molecule has 3 aliphatic rings. The first kappa shape index (κ1) is 15.9. The fraction of sp³-hybridized carbons (Fsp3) is 0.500. The Labute approximate surface area is 149 Å². The molecule has 1 spiro atoms. The lowest BCUT2D eigenvalue weighted by Gasteiger charge is -2.35. The molecule has 1 N–H and O–H groups in total. The first-order chi connectivity index (χ1) is 11.6. The zero-order valence-electron chi connectivity index (χ0n) is 13.5. The van der Waals surface area contributed by atoms with Crippen LogP contribution in [-0.4, -0.2) is 42.4 Å². The summed E-state index contributed by atoms with van der Waals surface area (Å²) in [7, 11) is 1.64. The Bertz CT molecular complexity index is 758. The van der Waals surface area contributed by atoms with Gasteiger partial charge in [-0.25, -0.2) is 0 Å². The van der Waals surface area contributed by atoms with Gasteiger partial charge in [-0.2, -0.15) is 5.26 Å². The lowest BCUT2D eigenvalue weighted by Crippen LogP contribution is -2.43. The molecule has 4 rings (SSSR count). The minimum atomic E-state index is -0.480. The van der Waals surface area contributed by atoms with Crippen LogP contribution in [0.4, 0.5) is 0 Å². The molecule has 0 radical (unpaired) electrons. The van der Waals surface area contributed by atoms with Crippen molar-refractivity contribution >= 4 is 15.9 Å². The third-order valence-electron chi connectivity index (χ3n) is 5.41. The highest BCUT2D eigenvalue weighted by molar-refractivity contribution is 9.10. The van der Waals surface area contributed by atoms with Gasteiger partial charge in [-0.15, -0.1) is 0 Å². The fourth-order valence-corrected chi connectivity index (χ4v) is 4.78. The van der Waals surface area contributed by atoms with Crippen molar-refractivity contribution in [3.63, 3.8) is 0 Å². The molecule has 0 saturated heterocycles. The van der Waals surface area contributed by atoms with Crippen LogP contribution in [0, 0.1) is 11.3 Å². The summed E-state index contributed by atoms with van der Waals surface area (Å²) in [5, 5.41) is 19.2. The maximum Gasteiger partial charge on any atom is 0.166 e. The maximum atomic E-state index is 10.1. The molecule has 6 heteroatoms. The molecule has 0 saturated carbocycles. The van der Waals surface area contributed by atoms with Crippen molar-refractivity contribution in [2.45, 2.75) is 37.0 Å². The van der Waals surface area contributed by atoms with E-state index in [4.69, 9.17) is 14.7 Å². The number of methoxy groups -OCH3 is 1. The number of ether oxygens (including phenoxy) is 2. The summed E-state index contributed by atoms with van der Waals surface area (Å²) >= 11 is 3.68. The van der Waals surface area contributed by atoms with Gasteiger partial charge in [0.2, 0.25) is 0 Å². The van der Waals surface area contributed by atoms with E-state index in [2.05, 4.69) is 33.0 Å². The average molecular weight is 391 g/mol. The highest BCUT2D eigenvalue weighted by Gasteiger charge is 2.53. The second kappa shape index (κ2) is 5.76. The van der Waals surface area contributed by atoms with Gasteiger partial charge in [0.1, 0.15) is 6.10 Å². The van der Waals surface area contributed by atoms with Crippen LogP contribution in [0.3, 0.4) is 0 Å². The van der Waals surface area contributed by atoms with E-state index in [0.29, 0.717) is 25.3 Å². The van der Waals surface area contributed by atoms with E-state index in [0.717, 1.165) is 34.3 Å². The summed E-state index contributed by atoms with van der Waals surface area (Å²) in [6.45, 7) is 1.92. The van der Waals surface area contributed by atoms with Crippen LogP contribution in [0.5, 0.6) is 11.5 Å². The van der Waals surface area contributed by atoms with Crippen LogP contribution in [-0.2, 0) is 12.0 Å². The van der Waals surface area contributed by atoms with E-state index in [9.17, 15) is 5.11 Å². The third kappa shape index (κ3) is 2.19. The first-order valence-electron chi connectivity index (χ1n) is 8.12. The molecule has 2 heterocycles. The summed E-state index contributed by atoms with van der Waals surface area (Å²) in [6.07, 6.45) is 4.85. The Kier molecular flexibility index (Phi) is 3.83. The summed E-state index contributed by atoms with van der Waals surface area (Å²) in [6, 6.07) is 4.20. The predicted molar refractivity (Wildman–Crippen MR) is 92.1 cm³/mol. The van der Waals surface area contributed by atoms with Gasteiger partial charge in [0.25, 0.3) is 0 Å². The van der Waals surface area contributed by atoms with Crippen molar-refractivity contribution in [1.29, 1.82) is 5.26 Å². The number of halogens is 1. The normalized spacial score (nSPS) is 30.8. The zero-order valence-corrected chi connectivity index (χ0v) is 15.0. The molecule has 0 amide bonds. The van der Waals surface area contributed by atoms with Crippen molar-refractivity contribution in [1.82, 2.24) is 4.90 Å². The lowest BCUT2D eigenvalue weighted by molar-refractivity contribution is 0.0816. The highest BCUT2D eigenvalue weighted by atomic mass is 79.9. The topological polar surface area (TPSA) is 65.7 Å². The number of hydrogen-bond donors (Lipinski definition) is 1. The van der Waals surface area contributed by atoms with E-state index >= 15 is 0 Å². The standard InChI is InChI=1S/C18H19BrN2O3/c1-23-14-9-13(19)12-10-21(7-5-20)6-4-18-3-2-11(22)8-15(18)24-17(14)16(12)18/h2-3,9,11,15,22H,4,6-8,10H2,1H3/t11?,15-,18?/m1/s1. The third-order valence-corrected chi connectivity index (χ3v) is 6.12. The Morgan fingerprint density at radius 2 is 2.42 bits per heavy atom. The molecular weight excluding hydrogens is 372 g/mol. The van der Waals surface area contributed by atoms with Crippen molar-refractivity contribution < 1.29 is 14.6 Å². The van der Waals surface area contributed by atoms with Crippen LogP contribution in [0.1, 0.15) is 24.0 Å². The van der Waals surface area contributed by atoms with Crippen LogP contribution >= 0.6 is 15.9 Å². The minimum absolute atomic E-state index is 0.100. The molecule has 1 aromatic carbocycles. The summed E-state index contributed by atoms with van der Waals surface area (Å²) in [4.78, 5) is 2.16. The number of nitrogens with zero attached hydrogens (tertiary/aromatic N) is 2. The zero-order chi connectivity index (χ0) is 16.9. The number of aliphatic hydroxyl groups excluding tert-OH is 1. The molecule has 0 aromatic heterocycles. The monoisotopic (exact) mass is 390 g/mol. The van der Waals surface area contributed by atoms with Gasteiger partial charge in [-0.1, -0.05) is 28.1 Å². The maximum absolute atomic E-state index is 10.1. The van der Waals surface area contributed by atoms with Gasteiger partial charge in [-0.3, -0.25) is 4.90 Å². The number of benzene rings is 1. The minimum Gasteiger partial charge on any atom is -0.493 e. The molecular formula is C18H19BrN2O3. The van der Waals surface area contributed by atoms with Crippen molar-refractivity contribution in [2.24, 2.45) is 0 Å². The second-order valence-electron chi connectivity index (χ2n) is 6.67. The quantitative estimate of drug-likeness (QED) is 0.620. The average Bonchev–Trinajstić information content (AvgIpc) is 2.79. The lowest BCUT2D eigenvalue weighted by atomic mass is 9.69. The van der Waals surface area contributed by atoms with Crippen LogP contribution in [0.15, 0.2) is 22.7 Å². The van der Waals surface area contributed by atoms with E-state index < -0.39 is 6.10 Å². The Morgan fingerprint density at radius 3 is 3.17 bits per heavy atom. The number of hydrogen-bond acceptors (Lipinski definition) is 5. The smallest absolute Gasteiger partial charge is 0.166 e. The van der Waals surface area contributed by atoms with E-state index in [1.54, 1.807) is 7.11 Å². The molecule has 5 nitrogen and oxygen atoms in total. The predicted octanol–water partition coefficient (Wildman–Crippen LogP) is 2.51. The first-order valence-corrected chi connectivity index (χ1v) is 8.91. The molecule has 2 unspecified atom stereocenters. The largest absolute Gasteiger partial charge is 0.493 e. The SMILES string of the molecule is COc1cc(Br)c2c3c1O[C@@H]1CC(O)C=CC31CCN(CC#N)C2. The molecule has 0 fully saturated rings. The van der Waals surface area contributed by atoms with Crippen LogP contribution in [0.2, 0.25) is 0 Å². The second-order valence-corrected chi connectivity index (χ2v) is 7.53. The Hall–Kier alpha value is -1.55. The van der Waals surface area contributed by atoms with Gasteiger partial charge in [-0.05, 0) is 18.1 Å². The van der Waals surface area contributed by atoms with E-state index in [1.807, 2.05) is 12.1 Å². The summed E-state index contributed by atoms with van der Waals surface area (Å²) in [5.41, 5.74) is 2.05. The molecule has 126 valence electrons. The van der Waals surface area contributed by atoms with Gasteiger partial charge < -0.3 is 14.6 Å². The van der Waals surface area contributed by atoms with Crippen LogP contribution < -0.4 is 9.47 Å². The van der Waals surface area contributed by atoms with Crippen LogP contribution in [0.25, 0.3) is 0 Å². The van der Waals surface area contributed by atoms with Crippen molar-refractivity contribution in [2.75, 3.05) is 20.2 Å². The highest BCUT2D eigenvalue weighted by Crippen LogP contribution is 2.57. The molecule has 3 atom stereocenters. The van der Waals surface area contributed by atoms with E-state index in [1.165, 1.54) is 0 Å². The molecule has 24 heavy (non-hydrogen) atoms.